The topological polar surface area (TPSA) is 57.7 Å². The second-order valence-corrected chi connectivity index (χ2v) is 6.09. The highest BCUT2D eigenvalue weighted by Crippen LogP contribution is 2.23. The third-order valence-corrected chi connectivity index (χ3v) is 4.05. The minimum atomic E-state index is -0.289. The van der Waals surface area contributed by atoms with Crippen molar-refractivity contribution in [2.24, 2.45) is 0 Å². The number of urea groups is 1. The summed E-state index contributed by atoms with van der Waals surface area (Å²) in [4.78, 5) is 20.3. The predicted molar refractivity (Wildman–Crippen MR) is 94.2 cm³/mol. The normalized spacial score (nSPS) is 17.2. The Morgan fingerprint density at radius 2 is 2.04 bits per heavy atom. The van der Waals surface area contributed by atoms with Gasteiger partial charge < -0.3 is 19.9 Å². The van der Waals surface area contributed by atoms with Crippen molar-refractivity contribution in [2.75, 3.05) is 44.0 Å². The molecule has 1 atom stereocenters. The number of benzene rings is 1. The first-order chi connectivity index (χ1) is 12.0. The zero-order chi connectivity index (χ0) is 17.8. The molecule has 1 aromatic carbocycles. The smallest absolute Gasteiger partial charge is 0.322 e. The minimum Gasteiger partial charge on any atom is -0.370 e. The van der Waals surface area contributed by atoms with Gasteiger partial charge in [-0.15, -0.1) is 0 Å². The van der Waals surface area contributed by atoms with Gasteiger partial charge in [-0.05, 0) is 29.8 Å². The number of ether oxygens (including phenoxy) is 1. The highest BCUT2D eigenvalue weighted by atomic mass is 19.1. The van der Waals surface area contributed by atoms with Crippen molar-refractivity contribution in [3.63, 3.8) is 0 Å². The van der Waals surface area contributed by atoms with Crippen LogP contribution in [0.5, 0.6) is 0 Å². The molecule has 0 bridgehead atoms. The first-order valence-electron chi connectivity index (χ1n) is 8.09. The zero-order valence-electron chi connectivity index (χ0n) is 14.3. The van der Waals surface area contributed by atoms with Gasteiger partial charge in [0.15, 0.2) is 0 Å². The number of hydrogen-bond donors (Lipinski definition) is 1. The molecule has 132 valence electrons. The van der Waals surface area contributed by atoms with Crippen molar-refractivity contribution >= 4 is 17.5 Å². The van der Waals surface area contributed by atoms with Crippen LogP contribution in [-0.4, -0.2) is 49.7 Å². The highest BCUT2D eigenvalue weighted by molar-refractivity contribution is 5.89. The van der Waals surface area contributed by atoms with Crippen molar-refractivity contribution in [1.29, 1.82) is 0 Å². The number of pyridine rings is 1. The quantitative estimate of drug-likeness (QED) is 0.930. The summed E-state index contributed by atoms with van der Waals surface area (Å²) in [5, 5.41) is 2.85. The number of anilines is 2. The Kier molecular flexibility index (Phi) is 5.14. The van der Waals surface area contributed by atoms with Gasteiger partial charge in [0.1, 0.15) is 17.7 Å². The molecule has 3 rings (SSSR count). The Bertz CT molecular complexity index is 719. The highest BCUT2D eigenvalue weighted by Gasteiger charge is 2.25. The molecule has 1 saturated heterocycles. The van der Waals surface area contributed by atoms with E-state index in [9.17, 15) is 9.18 Å². The van der Waals surface area contributed by atoms with Crippen LogP contribution in [0.4, 0.5) is 20.7 Å². The van der Waals surface area contributed by atoms with E-state index in [0.717, 1.165) is 11.4 Å². The first-order valence-corrected chi connectivity index (χ1v) is 8.09. The van der Waals surface area contributed by atoms with E-state index in [1.807, 2.05) is 31.1 Å². The van der Waals surface area contributed by atoms with Crippen LogP contribution in [0.15, 0.2) is 42.6 Å². The van der Waals surface area contributed by atoms with Gasteiger partial charge in [-0.2, -0.15) is 0 Å². The van der Waals surface area contributed by atoms with E-state index in [-0.39, 0.29) is 18.0 Å². The van der Waals surface area contributed by atoms with Gasteiger partial charge in [0.05, 0.1) is 25.0 Å². The summed E-state index contributed by atoms with van der Waals surface area (Å²) in [7, 11) is 3.81. The Labute approximate surface area is 146 Å². The molecule has 0 saturated carbocycles. The molecule has 0 radical (unpaired) electrons. The molecule has 1 aliphatic heterocycles. The fourth-order valence-electron chi connectivity index (χ4n) is 2.64. The lowest BCUT2D eigenvalue weighted by molar-refractivity contribution is -0.0135. The largest absolute Gasteiger partial charge is 0.370 e. The SMILES string of the molecule is CN(C)c1ccc(NC(=O)N2CCO[C@H](c3ccc(F)cc3)C2)cn1. The fourth-order valence-corrected chi connectivity index (χ4v) is 2.64. The lowest BCUT2D eigenvalue weighted by Crippen LogP contribution is -2.44. The van der Waals surface area contributed by atoms with E-state index in [1.54, 1.807) is 23.2 Å². The van der Waals surface area contributed by atoms with E-state index >= 15 is 0 Å². The summed E-state index contributed by atoms with van der Waals surface area (Å²) in [5.74, 6) is 0.531. The molecule has 2 aromatic rings. The number of amides is 2. The summed E-state index contributed by atoms with van der Waals surface area (Å²) in [6.07, 6.45) is 1.37. The average molecular weight is 344 g/mol. The second-order valence-electron chi connectivity index (χ2n) is 6.09. The van der Waals surface area contributed by atoms with Crippen LogP contribution in [0.1, 0.15) is 11.7 Å². The molecule has 1 aliphatic rings. The molecule has 1 N–H and O–H groups in total. The molecule has 0 spiro atoms. The maximum Gasteiger partial charge on any atom is 0.322 e. The average Bonchev–Trinajstić information content (AvgIpc) is 2.63. The van der Waals surface area contributed by atoms with E-state index in [1.165, 1.54) is 12.1 Å². The molecule has 2 amide bonds. The molecule has 25 heavy (non-hydrogen) atoms. The molecule has 1 fully saturated rings. The van der Waals surface area contributed by atoms with Crippen LogP contribution < -0.4 is 10.2 Å². The second kappa shape index (κ2) is 7.48. The van der Waals surface area contributed by atoms with Crippen LogP contribution in [0.25, 0.3) is 0 Å². The van der Waals surface area contributed by atoms with Crippen molar-refractivity contribution in [1.82, 2.24) is 9.88 Å². The van der Waals surface area contributed by atoms with Gasteiger partial charge >= 0.3 is 6.03 Å². The third kappa shape index (κ3) is 4.24. The number of nitrogens with one attached hydrogen (secondary N) is 1. The van der Waals surface area contributed by atoms with Crippen LogP contribution in [0, 0.1) is 5.82 Å². The van der Waals surface area contributed by atoms with E-state index in [0.29, 0.717) is 25.4 Å². The number of nitrogens with zero attached hydrogens (tertiary/aromatic N) is 3. The maximum atomic E-state index is 13.1. The fraction of sp³-hybridized carbons (Fsp3) is 0.333. The van der Waals surface area contributed by atoms with Crippen molar-refractivity contribution in [2.45, 2.75) is 6.10 Å². The van der Waals surface area contributed by atoms with Gasteiger partial charge in [-0.3, -0.25) is 0 Å². The Morgan fingerprint density at radius 1 is 1.28 bits per heavy atom. The number of morpholine rings is 1. The lowest BCUT2D eigenvalue weighted by Gasteiger charge is -2.33. The summed E-state index contributed by atoms with van der Waals surface area (Å²) in [6, 6.07) is 9.63. The van der Waals surface area contributed by atoms with Crippen LogP contribution in [0.3, 0.4) is 0 Å². The summed E-state index contributed by atoms with van der Waals surface area (Å²) >= 11 is 0. The van der Waals surface area contributed by atoms with Gasteiger partial charge in [-0.25, -0.2) is 14.2 Å². The maximum absolute atomic E-state index is 13.1. The van der Waals surface area contributed by atoms with Crippen LogP contribution in [-0.2, 0) is 4.74 Å². The van der Waals surface area contributed by atoms with Crippen LogP contribution >= 0.6 is 0 Å². The standard InChI is InChI=1S/C18H21FN4O2/c1-22(2)17-8-7-15(11-20-17)21-18(24)23-9-10-25-16(12-23)13-3-5-14(19)6-4-13/h3-8,11,16H,9-10,12H2,1-2H3,(H,21,24)/t16-/m0/s1. The number of rotatable bonds is 3. The first kappa shape index (κ1) is 17.2. The van der Waals surface area contributed by atoms with Crippen molar-refractivity contribution < 1.29 is 13.9 Å². The number of hydrogen-bond acceptors (Lipinski definition) is 4. The van der Waals surface area contributed by atoms with E-state index in [2.05, 4.69) is 10.3 Å². The molecule has 1 aromatic heterocycles. The Balaban J connectivity index is 1.62. The van der Waals surface area contributed by atoms with Gasteiger partial charge in [0.25, 0.3) is 0 Å². The molecule has 0 aliphatic carbocycles. The Morgan fingerprint density at radius 3 is 2.68 bits per heavy atom. The van der Waals surface area contributed by atoms with Gasteiger partial charge in [-0.1, -0.05) is 12.1 Å². The molecular weight excluding hydrogens is 323 g/mol. The van der Waals surface area contributed by atoms with Crippen molar-refractivity contribution in [3.8, 4) is 0 Å². The Hall–Kier alpha value is -2.67. The van der Waals surface area contributed by atoms with E-state index in [4.69, 9.17) is 4.74 Å². The summed E-state index contributed by atoms with van der Waals surface area (Å²) in [6.45, 7) is 1.36. The van der Waals surface area contributed by atoms with Crippen molar-refractivity contribution in [3.05, 3.63) is 54.0 Å². The number of halogens is 1. The molecule has 6 nitrogen and oxygen atoms in total. The third-order valence-electron chi connectivity index (χ3n) is 4.05. The predicted octanol–water partition coefficient (Wildman–Crippen LogP) is 2.89. The lowest BCUT2D eigenvalue weighted by atomic mass is 10.1. The molecule has 2 heterocycles. The molecular formula is C18H21FN4O2. The van der Waals surface area contributed by atoms with Gasteiger partial charge in [0.2, 0.25) is 0 Å². The van der Waals surface area contributed by atoms with Gasteiger partial charge in [0, 0.05) is 20.6 Å². The molecule has 7 heteroatoms. The monoisotopic (exact) mass is 344 g/mol. The summed E-state index contributed by atoms with van der Waals surface area (Å²) in [5.41, 5.74) is 1.50. The number of carbonyl (C=O) groups is 1. The van der Waals surface area contributed by atoms with E-state index < -0.39 is 0 Å². The molecule has 0 unspecified atom stereocenters. The van der Waals surface area contributed by atoms with Crippen LogP contribution in [0.2, 0.25) is 0 Å². The summed E-state index contributed by atoms with van der Waals surface area (Å²) < 4.78 is 18.8. The number of carbonyl (C=O) groups excluding carboxylic acids is 1. The zero-order valence-corrected chi connectivity index (χ0v) is 14.3. The number of aromatic nitrogens is 1. The minimum absolute atomic E-state index is 0.199.